The fourth-order valence-electron chi connectivity index (χ4n) is 7.31. The van der Waals surface area contributed by atoms with Crippen LogP contribution < -0.4 is 9.30 Å². The van der Waals surface area contributed by atoms with Gasteiger partial charge >= 0.3 is 0 Å². The number of benzene rings is 4. The number of imidazole rings is 1. The van der Waals surface area contributed by atoms with E-state index in [1.54, 1.807) is 36.8 Å². The van der Waals surface area contributed by atoms with Gasteiger partial charge in [0.15, 0.2) is 0 Å². The number of fused-ring (bicyclic) bond motifs is 4. The first-order valence-electron chi connectivity index (χ1n) is 22.7. The normalized spacial score (nSPS) is 14.3. The van der Waals surface area contributed by atoms with Crippen LogP contribution in [0.3, 0.4) is 0 Å². The summed E-state index contributed by atoms with van der Waals surface area (Å²) in [6.45, 7) is 17.5. The van der Waals surface area contributed by atoms with Crippen molar-refractivity contribution < 1.29 is 38.6 Å². The monoisotopic (exact) mass is 952 g/mol. The molecule has 0 atom stereocenters. The summed E-state index contributed by atoms with van der Waals surface area (Å²) in [5.74, 6) is 0.374. The Kier molecular flexibility index (Phi) is 9.73. The molecule has 0 fully saturated rings. The molecule has 0 radical (unpaired) electrons. The van der Waals surface area contributed by atoms with Crippen molar-refractivity contribution in [2.45, 2.75) is 86.8 Å². The Hall–Kier alpha value is -5.06. The van der Waals surface area contributed by atoms with Crippen LogP contribution in [0.5, 0.6) is 11.5 Å². The Morgan fingerprint density at radius 2 is 1.43 bits per heavy atom. The van der Waals surface area contributed by atoms with Gasteiger partial charge in [0.25, 0.3) is 6.33 Å². The Labute approximate surface area is 366 Å². The van der Waals surface area contributed by atoms with Gasteiger partial charge in [-0.25, -0.2) is 4.98 Å². The molecule has 0 saturated carbocycles. The zero-order valence-electron chi connectivity index (χ0n) is 40.5. The van der Waals surface area contributed by atoms with Crippen LogP contribution in [0.25, 0.3) is 50.0 Å². The minimum absolute atomic E-state index is 0. The molecule has 0 aliphatic carbocycles. The van der Waals surface area contributed by atoms with Gasteiger partial charge in [-0.2, -0.15) is 6.07 Å². The SMILES string of the molecule is [2H]C([2H])(c1cc(-[n+]2[c-]n(-c3[c-]c(Oc4[c-]c5c(cc4)c4ccccc4n5-c4cc(C([2H])([2H])C(C)C)ccn4)cnc3)c3ccc(C(C)(C)C)cc32)cc(C([2H])([2H])C(C)C)c1)C(C)C.[Pt]. The molecule has 8 rings (SSSR count). The first-order valence-corrected chi connectivity index (χ1v) is 19.7. The molecule has 0 spiro atoms. The maximum atomic E-state index is 9.07. The van der Waals surface area contributed by atoms with E-state index in [0.29, 0.717) is 45.4 Å². The third-order valence-corrected chi connectivity index (χ3v) is 9.70. The van der Waals surface area contributed by atoms with Gasteiger partial charge in [0.05, 0.1) is 16.7 Å². The number of ether oxygens (including phenoxy) is 1. The second-order valence-electron chi connectivity index (χ2n) is 16.6. The molecule has 0 saturated heterocycles. The van der Waals surface area contributed by atoms with E-state index in [-0.39, 0.29) is 44.2 Å². The average Bonchev–Trinajstić information content (AvgIpc) is 3.79. The van der Waals surface area contributed by atoms with Crippen LogP contribution in [0.1, 0.15) is 92.8 Å². The fourth-order valence-corrected chi connectivity index (χ4v) is 7.31. The summed E-state index contributed by atoms with van der Waals surface area (Å²) >= 11 is 0. The fraction of sp³-hybridized carbons (Fsp3) is 0.314. The van der Waals surface area contributed by atoms with Crippen LogP contribution >= 0.6 is 0 Å². The van der Waals surface area contributed by atoms with Crippen molar-refractivity contribution in [3.63, 3.8) is 0 Å². The Morgan fingerprint density at radius 1 is 0.724 bits per heavy atom. The summed E-state index contributed by atoms with van der Waals surface area (Å²) in [6.07, 6.45) is 3.42. The molecule has 0 aliphatic rings. The molecule has 4 aromatic heterocycles. The number of rotatable bonds is 11. The first kappa shape index (κ1) is 33.9. The van der Waals surface area contributed by atoms with Gasteiger partial charge in [0.2, 0.25) is 0 Å². The van der Waals surface area contributed by atoms with E-state index in [9.17, 15) is 0 Å². The van der Waals surface area contributed by atoms with Gasteiger partial charge < -0.3 is 18.9 Å². The number of para-hydroxylation sites is 1. The van der Waals surface area contributed by atoms with E-state index in [1.807, 2.05) is 110 Å². The van der Waals surface area contributed by atoms with Crippen molar-refractivity contribution in [3.8, 4) is 28.7 Å². The molecule has 0 bridgehead atoms. The zero-order valence-corrected chi connectivity index (χ0v) is 36.8. The molecular weight excluding hydrogens is 894 g/mol. The quantitative estimate of drug-likeness (QED) is 0.0959. The van der Waals surface area contributed by atoms with Gasteiger partial charge in [0, 0.05) is 52.5 Å². The largest absolute Gasteiger partial charge is 0.508 e. The van der Waals surface area contributed by atoms with Gasteiger partial charge in [0.1, 0.15) is 5.82 Å². The maximum Gasteiger partial charge on any atom is 0.268 e. The average molecular weight is 953 g/mol. The summed E-state index contributed by atoms with van der Waals surface area (Å²) in [4.78, 5) is 9.28. The summed E-state index contributed by atoms with van der Waals surface area (Å²) in [5, 5.41) is 1.94. The Balaban J connectivity index is 0.00000612. The number of hydrogen-bond acceptors (Lipinski definition) is 3. The predicted octanol–water partition coefficient (Wildman–Crippen LogP) is 11.9. The molecule has 4 heterocycles. The van der Waals surface area contributed by atoms with E-state index in [4.69, 9.17) is 17.9 Å². The molecule has 0 amide bonds. The summed E-state index contributed by atoms with van der Waals surface area (Å²) in [5.41, 5.74) is 6.60. The molecule has 8 aromatic rings. The van der Waals surface area contributed by atoms with Crippen molar-refractivity contribution >= 4 is 32.8 Å². The van der Waals surface area contributed by atoms with Gasteiger partial charge in [-0.15, -0.1) is 23.6 Å². The van der Waals surface area contributed by atoms with Crippen LogP contribution in [0.15, 0.2) is 104 Å². The third kappa shape index (κ3) is 8.54. The minimum Gasteiger partial charge on any atom is -0.508 e. The smallest absolute Gasteiger partial charge is 0.268 e. The summed E-state index contributed by atoms with van der Waals surface area (Å²) in [7, 11) is 0. The van der Waals surface area contributed by atoms with Crippen LogP contribution in [0.4, 0.5) is 0 Å². The summed E-state index contributed by atoms with van der Waals surface area (Å²) in [6, 6.07) is 33.8. The van der Waals surface area contributed by atoms with Crippen LogP contribution in [0.2, 0.25) is 0 Å². The van der Waals surface area contributed by atoms with E-state index in [1.165, 1.54) is 0 Å². The number of aromatic nitrogens is 5. The molecule has 0 N–H and O–H groups in total. The van der Waals surface area contributed by atoms with Crippen LogP contribution in [-0.4, -0.2) is 19.1 Å². The van der Waals surface area contributed by atoms with Crippen molar-refractivity contribution in [1.82, 2.24) is 19.1 Å². The van der Waals surface area contributed by atoms with E-state index in [0.717, 1.165) is 38.4 Å². The van der Waals surface area contributed by atoms with Crippen LogP contribution in [-0.2, 0) is 45.6 Å². The topological polar surface area (TPSA) is 48.8 Å². The van der Waals surface area contributed by atoms with Crippen molar-refractivity contribution in [1.29, 1.82) is 0 Å². The van der Waals surface area contributed by atoms with Crippen molar-refractivity contribution in [2.75, 3.05) is 0 Å². The molecule has 300 valence electrons. The Morgan fingerprint density at radius 3 is 2.14 bits per heavy atom. The molecular formula is C51H53N5OPt-2. The second-order valence-corrected chi connectivity index (χ2v) is 16.6. The van der Waals surface area contributed by atoms with E-state index < -0.39 is 19.1 Å². The first-order chi connectivity index (χ1) is 29.6. The summed E-state index contributed by atoms with van der Waals surface area (Å²) < 4.78 is 66.0. The minimum atomic E-state index is -1.73. The van der Waals surface area contributed by atoms with Crippen molar-refractivity contribution in [2.24, 2.45) is 17.8 Å². The number of pyridine rings is 2. The predicted molar refractivity (Wildman–Crippen MR) is 232 cm³/mol. The molecule has 7 heteroatoms. The molecule has 0 unspecified atom stereocenters. The standard InChI is InChI=1S/C51H53N5O.Pt/c1-33(2)20-36-18-19-53-50(26-36)56-46-13-11-10-12-44(46)45-16-15-42(29-48(45)56)57-43-28-41(30-52-31-43)55-32-54(49-27-39(51(7,8)9)14-17-47(49)55)40-24-37(21-34(3)4)23-38(25-40)22-35(5)6;/h10-19,23-27,30-31,33-35H,20-22H2,1-9H3;/q-2;/i20D2,21D2,22D2;. The van der Waals surface area contributed by atoms with E-state index in [2.05, 4.69) is 56.3 Å². The maximum absolute atomic E-state index is 9.07. The van der Waals surface area contributed by atoms with Crippen LogP contribution in [0, 0.1) is 36.2 Å². The molecule has 4 aromatic carbocycles. The molecule has 58 heavy (non-hydrogen) atoms. The van der Waals surface area contributed by atoms with Gasteiger partial charge in [-0.3, -0.25) is 4.57 Å². The number of hydrogen-bond donors (Lipinski definition) is 0. The zero-order chi connectivity index (χ0) is 45.4. The Bertz CT molecular complexity index is 2980. The van der Waals surface area contributed by atoms with E-state index >= 15 is 0 Å². The van der Waals surface area contributed by atoms with Crippen molar-refractivity contribution in [3.05, 3.63) is 144 Å². The van der Waals surface area contributed by atoms with Gasteiger partial charge in [-0.1, -0.05) is 122 Å². The molecule has 0 aliphatic heterocycles. The molecule has 6 nitrogen and oxygen atoms in total. The van der Waals surface area contributed by atoms with Gasteiger partial charge in [-0.05, 0) is 107 Å². The second kappa shape index (κ2) is 16.7. The number of nitrogens with zero attached hydrogens (tertiary/aromatic N) is 5. The third-order valence-electron chi connectivity index (χ3n) is 9.70.